The molecule has 4 rings (SSSR count). The second-order valence-corrected chi connectivity index (χ2v) is 9.30. The number of piperidine rings is 1. The van der Waals surface area contributed by atoms with Crippen LogP contribution < -0.4 is 16.6 Å². The minimum atomic E-state index is -2.78. The van der Waals surface area contributed by atoms with E-state index in [9.17, 15) is 28.3 Å². The largest absolute Gasteiger partial charge is 0.492 e. The lowest BCUT2D eigenvalue weighted by Crippen LogP contribution is -2.42. The van der Waals surface area contributed by atoms with E-state index in [0.29, 0.717) is 0 Å². The first-order valence-corrected chi connectivity index (χ1v) is 11.3. The summed E-state index contributed by atoms with van der Waals surface area (Å²) in [6.45, 7) is 3.82. The Labute approximate surface area is 206 Å². The van der Waals surface area contributed by atoms with Crippen LogP contribution in [0.25, 0.3) is 11.7 Å². The van der Waals surface area contributed by atoms with E-state index in [1.807, 2.05) is 13.8 Å². The van der Waals surface area contributed by atoms with E-state index in [4.69, 9.17) is 5.73 Å². The summed E-state index contributed by atoms with van der Waals surface area (Å²) in [5, 5.41) is 17.6. The summed E-state index contributed by atoms with van der Waals surface area (Å²) in [4.78, 5) is 39.8. The molecule has 0 atom stereocenters. The van der Waals surface area contributed by atoms with Crippen LogP contribution in [0.3, 0.4) is 0 Å². The van der Waals surface area contributed by atoms with Crippen molar-refractivity contribution in [3.8, 4) is 5.88 Å². The number of fused-ring (bicyclic) bond motifs is 1. The van der Waals surface area contributed by atoms with Crippen molar-refractivity contribution in [3.05, 3.63) is 27.6 Å². The molecule has 10 nitrogen and oxygen atoms in total. The lowest BCUT2D eigenvalue weighted by Gasteiger charge is -2.30. The minimum absolute atomic E-state index is 0. The Kier molecular flexibility index (Phi) is 7.44. The summed E-state index contributed by atoms with van der Waals surface area (Å²) in [6, 6.07) is -0.0255. The number of rotatable bonds is 6. The Morgan fingerprint density at radius 1 is 1.29 bits per heavy atom. The maximum absolute atomic E-state index is 13.4. The molecule has 0 spiro atoms. The number of hydrogen-bond donors (Lipinski definition) is 3. The van der Waals surface area contributed by atoms with E-state index in [1.165, 1.54) is 21.6 Å². The molecule has 2 aromatic rings. The van der Waals surface area contributed by atoms with Gasteiger partial charge in [-0.25, -0.2) is 8.78 Å². The molecule has 2 amide bonds. The predicted molar refractivity (Wildman–Crippen MR) is 128 cm³/mol. The molecule has 2 aromatic heterocycles. The number of nitrogens with two attached hydrogens (primary N) is 1. The van der Waals surface area contributed by atoms with Gasteiger partial charge in [0.15, 0.2) is 17.0 Å². The van der Waals surface area contributed by atoms with E-state index in [1.54, 1.807) is 0 Å². The lowest BCUT2D eigenvalue weighted by molar-refractivity contribution is -0.132. The van der Waals surface area contributed by atoms with E-state index >= 15 is 0 Å². The van der Waals surface area contributed by atoms with Crippen LogP contribution in [0.4, 0.5) is 14.6 Å². The SMILES string of the molecule is CC(C)Cn1c(=O)c(C(=O)NC2CC2)c(O)n2nc(N)c(C=CC(=O)N3CCC(F)(F)CC3)c12.Cl. The molecule has 1 saturated carbocycles. The molecule has 0 bridgehead atoms. The van der Waals surface area contributed by atoms with Crippen LogP contribution in [0, 0.1) is 5.92 Å². The predicted octanol–water partition coefficient (Wildman–Crippen LogP) is 2.02. The van der Waals surface area contributed by atoms with Crippen LogP contribution >= 0.6 is 12.4 Å². The first kappa shape index (κ1) is 26.5. The summed E-state index contributed by atoms with van der Waals surface area (Å²) < 4.78 is 29.1. The minimum Gasteiger partial charge on any atom is -0.492 e. The van der Waals surface area contributed by atoms with Gasteiger partial charge in [0, 0.05) is 44.6 Å². The number of nitrogens with one attached hydrogen (secondary N) is 1. The average molecular weight is 515 g/mol. The molecule has 13 heteroatoms. The van der Waals surface area contributed by atoms with Crippen molar-refractivity contribution in [2.45, 2.75) is 58.0 Å². The van der Waals surface area contributed by atoms with Gasteiger partial charge in [-0.3, -0.25) is 19.0 Å². The fourth-order valence-corrected chi connectivity index (χ4v) is 3.97. The second-order valence-electron chi connectivity index (χ2n) is 9.30. The monoisotopic (exact) mass is 514 g/mol. The summed E-state index contributed by atoms with van der Waals surface area (Å²) in [7, 11) is 0. The molecular formula is C22H29ClF2N6O4. The zero-order valence-electron chi connectivity index (χ0n) is 19.5. The normalized spacial score (nSPS) is 17.7. The third kappa shape index (κ3) is 5.42. The zero-order chi connectivity index (χ0) is 24.8. The molecule has 1 aliphatic carbocycles. The third-order valence-electron chi connectivity index (χ3n) is 5.95. The highest BCUT2D eigenvalue weighted by molar-refractivity contribution is 5.97. The Morgan fingerprint density at radius 2 is 1.91 bits per heavy atom. The molecule has 35 heavy (non-hydrogen) atoms. The van der Waals surface area contributed by atoms with Crippen molar-refractivity contribution in [2.24, 2.45) is 5.92 Å². The van der Waals surface area contributed by atoms with E-state index in [2.05, 4.69) is 10.4 Å². The Hall–Kier alpha value is -3.15. The number of amides is 2. The summed E-state index contributed by atoms with van der Waals surface area (Å²) in [5.74, 6) is -4.66. The molecule has 192 valence electrons. The smallest absolute Gasteiger partial charge is 0.270 e. The van der Waals surface area contributed by atoms with Gasteiger partial charge in [-0.05, 0) is 24.8 Å². The molecule has 2 fully saturated rings. The van der Waals surface area contributed by atoms with Crippen LogP contribution in [-0.4, -0.2) is 61.1 Å². The van der Waals surface area contributed by atoms with Crippen molar-refractivity contribution in [2.75, 3.05) is 18.8 Å². The summed E-state index contributed by atoms with van der Waals surface area (Å²) in [5.41, 5.74) is 5.27. The van der Waals surface area contributed by atoms with Crippen LogP contribution in [0.2, 0.25) is 0 Å². The molecule has 4 N–H and O–H groups in total. The van der Waals surface area contributed by atoms with Crippen molar-refractivity contribution < 1.29 is 23.5 Å². The van der Waals surface area contributed by atoms with Gasteiger partial charge in [0.1, 0.15) is 0 Å². The number of anilines is 1. The van der Waals surface area contributed by atoms with Crippen LogP contribution in [0.15, 0.2) is 10.9 Å². The number of alkyl halides is 2. The fraction of sp³-hybridized carbons (Fsp3) is 0.545. The van der Waals surface area contributed by atoms with Crippen LogP contribution in [0.1, 0.15) is 55.5 Å². The third-order valence-corrected chi connectivity index (χ3v) is 5.95. The maximum atomic E-state index is 13.4. The second kappa shape index (κ2) is 9.84. The van der Waals surface area contributed by atoms with Gasteiger partial charge in [-0.2, -0.15) is 4.52 Å². The number of halogens is 3. The summed E-state index contributed by atoms with van der Waals surface area (Å²) in [6.07, 6.45) is 3.35. The molecule has 1 saturated heterocycles. The van der Waals surface area contributed by atoms with E-state index < -0.39 is 47.6 Å². The lowest BCUT2D eigenvalue weighted by atomic mass is 10.1. The van der Waals surface area contributed by atoms with Gasteiger partial charge in [0.2, 0.25) is 11.8 Å². The molecular weight excluding hydrogens is 486 g/mol. The van der Waals surface area contributed by atoms with E-state index in [0.717, 1.165) is 17.4 Å². The standard InChI is InChI=1S/C22H28F2N6O4.ClH/c1-12(2)11-29-19-14(5-6-15(31)28-9-7-22(23,24)8-10-28)17(25)27-30(19)21(34)16(20(29)33)18(32)26-13-3-4-13;/h5-6,12-13,34H,3-4,7-11H2,1-2H3,(H2,25,27)(H,26,32);1H. The Bertz CT molecular complexity index is 1220. The van der Waals surface area contributed by atoms with Gasteiger partial charge >= 0.3 is 0 Å². The Morgan fingerprint density at radius 3 is 2.49 bits per heavy atom. The summed E-state index contributed by atoms with van der Waals surface area (Å²) >= 11 is 0. The molecule has 0 unspecified atom stereocenters. The van der Waals surface area contributed by atoms with Crippen LogP contribution in [0.5, 0.6) is 5.88 Å². The number of nitrogens with zero attached hydrogens (tertiary/aromatic N) is 4. The van der Waals surface area contributed by atoms with Gasteiger partial charge in [-0.15, -0.1) is 17.5 Å². The van der Waals surface area contributed by atoms with Crippen LogP contribution in [-0.2, 0) is 11.3 Å². The van der Waals surface area contributed by atoms with Gasteiger partial charge in [0.25, 0.3) is 17.4 Å². The molecule has 0 radical (unpaired) electrons. The number of aromatic hydroxyl groups is 1. The van der Waals surface area contributed by atoms with Gasteiger partial charge < -0.3 is 21.1 Å². The van der Waals surface area contributed by atoms with Gasteiger partial charge in [0.05, 0.1) is 5.56 Å². The molecule has 0 aromatic carbocycles. The quantitative estimate of drug-likeness (QED) is 0.505. The van der Waals surface area contributed by atoms with Crippen molar-refractivity contribution in [1.29, 1.82) is 0 Å². The van der Waals surface area contributed by atoms with Crippen molar-refractivity contribution >= 4 is 41.8 Å². The number of carbonyl (C=O) groups excluding carboxylic acids is 2. The topological polar surface area (TPSA) is 135 Å². The highest BCUT2D eigenvalue weighted by Crippen LogP contribution is 2.29. The number of aromatic nitrogens is 3. The number of hydrogen-bond acceptors (Lipinski definition) is 6. The molecule has 3 heterocycles. The zero-order valence-corrected chi connectivity index (χ0v) is 20.3. The highest BCUT2D eigenvalue weighted by Gasteiger charge is 2.35. The van der Waals surface area contributed by atoms with Gasteiger partial charge in [-0.1, -0.05) is 13.8 Å². The van der Waals surface area contributed by atoms with Crippen molar-refractivity contribution in [1.82, 2.24) is 24.4 Å². The fourth-order valence-electron chi connectivity index (χ4n) is 3.97. The first-order valence-electron chi connectivity index (χ1n) is 11.3. The van der Waals surface area contributed by atoms with Crippen molar-refractivity contribution in [3.63, 3.8) is 0 Å². The molecule has 2 aliphatic rings. The average Bonchev–Trinajstić information content (AvgIpc) is 3.50. The first-order chi connectivity index (χ1) is 16.0. The highest BCUT2D eigenvalue weighted by atomic mass is 35.5. The van der Waals surface area contributed by atoms with E-state index in [-0.39, 0.29) is 61.0 Å². The maximum Gasteiger partial charge on any atom is 0.270 e. The Balaban J connectivity index is 0.00000342. The molecule has 1 aliphatic heterocycles. The number of carbonyl (C=O) groups is 2. The number of nitrogen functional groups attached to an aromatic ring is 1. The number of likely N-dealkylation sites (tertiary alicyclic amines) is 1.